The Morgan fingerprint density at radius 3 is 2.77 bits per heavy atom. The van der Waals surface area contributed by atoms with Gasteiger partial charge in [-0.25, -0.2) is 4.68 Å². The third-order valence-corrected chi connectivity index (χ3v) is 5.86. The van der Waals surface area contributed by atoms with Crippen LogP contribution in [0.4, 0.5) is 5.82 Å². The maximum Gasteiger partial charge on any atom is 0.258 e. The van der Waals surface area contributed by atoms with Gasteiger partial charge in [-0.3, -0.25) is 9.78 Å². The Hall–Kier alpha value is -2.93. The smallest absolute Gasteiger partial charge is 0.258 e. The number of nitrogens with one attached hydrogen (secondary N) is 1. The molecule has 4 heterocycles. The Bertz CT molecular complexity index is 957. The van der Waals surface area contributed by atoms with Crippen molar-refractivity contribution in [3.63, 3.8) is 0 Å². The number of rotatable bonds is 7. The first-order valence-corrected chi connectivity index (χ1v) is 10.6. The number of likely N-dealkylation sites (tertiary alicyclic amines) is 1. The van der Waals surface area contributed by atoms with E-state index in [2.05, 4.69) is 33.3 Å². The van der Waals surface area contributed by atoms with Crippen LogP contribution in [0.5, 0.6) is 0 Å². The van der Waals surface area contributed by atoms with Gasteiger partial charge >= 0.3 is 0 Å². The summed E-state index contributed by atoms with van der Waals surface area (Å²) < 4.78 is 7.72. The van der Waals surface area contributed by atoms with Gasteiger partial charge in [0.25, 0.3) is 5.91 Å². The summed E-state index contributed by atoms with van der Waals surface area (Å²) in [4.78, 5) is 19.0. The van der Waals surface area contributed by atoms with Crippen molar-refractivity contribution in [3.05, 3.63) is 66.0 Å². The fraction of sp³-hybridized carbons (Fsp3) is 0.435. The minimum atomic E-state index is -0.163. The second-order valence-electron chi connectivity index (χ2n) is 8.07. The summed E-state index contributed by atoms with van der Waals surface area (Å²) in [5.74, 6) is 3.06. The number of carbonyl (C=O) groups is 1. The van der Waals surface area contributed by atoms with E-state index in [0.29, 0.717) is 17.5 Å². The van der Waals surface area contributed by atoms with E-state index in [1.165, 1.54) is 0 Å². The second-order valence-corrected chi connectivity index (χ2v) is 8.07. The van der Waals surface area contributed by atoms with E-state index >= 15 is 0 Å². The van der Waals surface area contributed by atoms with E-state index in [1.807, 2.05) is 23.7 Å². The van der Waals surface area contributed by atoms with Gasteiger partial charge in [-0.15, -0.1) is 0 Å². The zero-order valence-electron chi connectivity index (χ0n) is 17.6. The van der Waals surface area contributed by atoms with Crippen molar-refractivity contribution in [1.82, 2.24) is 19.7 Å². The Morgan fingerprint density at radius 2 is 2.07 bits per heavy atom. The van der Waals surface area contributed by atoms with E-state index < -0.39 is 0 Å². The molecule has 1 N–H and O–H groups in total. The molecule has 1 unspecified atom stereocenters. The van der Waals surface area contributed by atoms with E-state index in [4.69, 9.17) is 4.42 Å². The number of carbonyl (C=O) groups excluding carboxylic acids is 1. The lowest BCUT2D eigenvalue weighted by Crippen LogP contribution is -2.36. The predicted molar refractivity (Wildman–Crippen MR) is 116 cm³/mol. The van der Waals surface area contributed by atoms with Crippen LogP contribution < -0.4 is 5.32 Å². The number of hydrogen-bond acceptors (Lipinski definition) is 5. The highest BCUT2D eigenvalue weighted by molar-refractivity contribution is 6.03. The number of nitrogens with zero attached hydrogens (tertiary/aromatic N) is 4. The number of piperidine rings is 1. The van der Waals surface area contributed by atoms with E-state index in [9.17, 15) is 4.79 Å². The lowest BCUT2D eigenvalue weighted by atomic mass is 10.0. The summed E-state index contributed by atoms with van der Waals surface area (Å²) in [5, 5.41) is 7.46. The molecule has 1 aliphatic heterocycles. The molecule has 1 fully saturated rings. The molecule has 0 aromatic carbocycles. The fourth-order valence-electron chi connectivity index (χ4n) is 4.01. The van der Waals surface area contributed by atoms with Gasteiger partial charge in [0.2, 0.25) is 0 Å². The Kier molecular flexibility index (Phi) is 6.28. The standard InChI is InChI=1S/C23H29N5O2/c1-17(21-6-5-18(2)30-21)8-13-27-14-9-20(10-15-27)28-22(7-12-25-28)26-23(29)19-4-3-11-24-16-19/h3-7,11-12,16-17,20H,8-10,13-15H2,1-2H3,(H,26,29). The van der Waals surface area contributed by atoms with Crippen LogP contribution in [0.2, 0.25) is 0 Å². The molecule has 1 saturated heterocycles. The van der Waals surface area contributed by atoms with Gasteiger partial charge in [0.05, 0.1) is 17.8 Å². The first kappa shape index (κ1) is 20.3. The van der Waals surface area contributed by atoms with Crippen molar-refractivity contribution in [2.45, 2.75) is 45.1 Å². The molecular formula is C23H29N5O2. The number of aromatic nitrogens is 3. The van der Waals surface area contributed by atoms with Gasteiger partial charge in [0.15, 0.2) is 0 Å². The van der Waals surface area contributed by atoms with Gasteiger partial charge in [0.1, 0.15) is 17.3 Å². The molecule has 3 aromatic rings. The largest absolute Gasteiger partial charge is 0.466 e. The monoisotopic (exact) mass is 407 g/mol. The molecule has 3 aromatic heterocycles. The Balaban J connectivity index is 1.28. The van der Waals surface area contributed by atoms with E-state index in [1.54, 1.807) is 30.7 Å². The molecule has 7 nitrogen and oxygen atoms in total. The van der Waals surface area contributed by atoms with Gasteiger partial charge in [-0.1, -0.05) is 6.92 Å². The van der Waals surface area contributed by atoms with E-state index in [0.717, 1.165) is 56.2 Å². The van der Waals surface area contributed by atoms with Gasteiger partial charge < -0.3 is 14.6 Å². The average Bonchev–Trinajstić information content (AvgIpc) is 3.42. The molecule has 1 aliphatic rings. The Labute approximate surface area is 177 Å². The summed E-state index contributed by atoms with van der Waals surface area (Å²) in [5.41, 5.74) is 0.543. The normalized spacial score (nSPS) is 16.5. The summed E-state index contributed by atoms with van der Waals surface area (Å²) in [7, 11) is 0. The summed E-state index contributed by atoms with van der Waals surface area (Å²) in [6.07, 6.45) is 8.10. The number of hydrogen-bond donors (Lipinski definition) is 1. The van der Waals surface area contributed by atoms with Crippen LogP contribution in [0.3, 0.4) is 0 Å². The molecule has 0 radical (unpaired) electrons. The van der Waals surface area contributed by atoms with E-state index in [-0.39, 0.29) is 5.91 Å². The molecule has 0 bridgehead atoms. The zero-order chi connectivity index (χ0) is 20.9. The minimum absolute atomic E-state index is 0.163. The minimum Gasteiger partial charge on any atom is -0.466 e. The lowest BCUT2D eigenvalue weighted by Gasteiger charge is -2.33. The van der Waals surface area contributed by atoms with Crippen LogP contribution in [0, 0.1) is 6.92 Å². The van der Waals surface area contributed by atoms with Crippen LogP contribution in [-0.2, 0) is 0 Å². The SMILES string of the molecule is Cc1ccc(C(C)CCN2CCC(n3nccc3NC(=O)c3cccnc3)CC2)o1. The lowest BCUT2D eigenvalue weighted by molar-refractivity contribution is 0.102. The molecular weight excluding hydrogens is 378 g/mol. The van der Waals surface area contributed by atoms with Gasteiger partial charge in [-0.2, -0.15) is 5.10 Å². The molecule has 0 saturated carbocycles. The number of furan rings is 1. The van der Waals surface area contributed by atoms with Crippen molar-refractivity contribution in [2.75, 3.05) is 25.0 Å². The van der Waals surface area contributed by atoms with Crippen molar-refractivity contribution >= 4 is 11.7 Å². The molecule has 4 rings (SSSR count). The molecule has 158 valence electrons. The highest BCUT2D eigenvalue weighted by Crippen LogP contribution is 2.27. The average molecular weight is 408 g/mol. The van der Waals surface area contributed by atoms with Crippen LogP contribution >= 0.6 is 0 Å². The first-order valence-electron chi connectivity index (χ1n) is 10.6. The first-order chi connectivity index (χ1) is 14.6. The highest BCUT2D eigenvalue weighted by Gasteiger charge is 2.24. The van der Waals surface area contributed by atoms with Crippen molar-refractivity contribution in [2.24, 2.45) is 0 Å². The number of amides is 1. The molecule has 1 atom stereocenters. The van der Waals surface area contributed by atoms with Crippen molar-refractivity contribution in [1.29, 1.82) is 0 Å². The van der Waals surface area contributed by atoms with Gasteiger partial charge in [0, 0.05) is 37.5 Å². The maximum atomic E-state index is 12.5. The number of aryl methyl sites for hydroxylation is 1. The molecule has 7 heteroatoms. The maximum absolute atomic E-state index is 12.5. The van der Waals surface area contributed by atoms with Crippen LogP contribution in [0.1, 0.15) is 60.0 Å². The van der Waals surface area contributed by atoms with Gasteiger partial charge in [-0.05, 0) is 57.0 Å². The fourth-order valence-corrected chi connectivity index (χ4v) is 4.01. The van der Waals surface area contributed by atoms with Crippen LogP contribution in [0.25, 0.3) is 0 Å². The second kappa shape index (κ2) is 9.26. The van der Waals surface area contributed by atoms with Crippen LogP contribution in [0.15, 0.2) is 53.3 Å². The summed E-state index contributed by atoms with van der Waals surface area (Å²) in [6, 6.07) is 9.79. The van der Waals surface area contributed by atoms with Crippen molar-refractivity contribution < 1.29 is 9.21 Å². The predicted octanol–water partition coefficient (Wildman–Crippen LogP) is 4.26. The van der Waals surface area contributed by atoms with Crippen molar-refractivity contribution in [3.8, 4) is 0 Å². The molecule has 0 spiro atoms. The Morgan fingerprint density at radius 1 is 1.23 bits per heavy atom. The molecule has 1 amide bonds. The molecule has 30 heavy (non-hydrogen) atoms. The zero-order valence-corrected chi connectivity index (χ0v) is 17.6. The quantitative estimate of drug-likeness (QED) is 0.633. The van der Waals surface area contributed by atoms with Crippen LogP contribution in [-0.4, -0.2) is 45.2 Å². The third-order valence-electron chi connectivity index (χ3n) is 5.86. The molecule has 0 aliphatic carbocycles. The summed E-state index contributed by atoms with van der Waals surface area (Å²) in [6.45, 7) is 7.35. The third kappa shape index (κ3) is 4.79. The summed E-state index contributed by atoms with van der Waals surface area (Å²) >= 11 is 0. The number of pyridine rings is 1. The highest BCUT2D eigenvalue weighted by atomic mass is 16.3. The topological polar surface area (TPSA) is 76.2 Å². The number of anilines is 1.